The zero-order chi connectivity index (χ0) is 31.9. The summed E-state index contributed by atoms with van der Waals surface area (Å²) in [6.07, 6.45) is 0.227. The Bertz CT molecular complexity index is 1690. The molecule has 4 rings (SSSR count). The van der Waals surface area contributed by atoms with E-state index in [-0.39, 0.29) is 23.8 Å². The van der Waals surface area contributed by atoms with Crippen LogP contribution in [0.1, 0.15) is 37.5 Å². The number of nitrogens with one attached hydrogen (secondary N) is 1. The van der Waals surface area contributed by atoms with Gasteiger partial charge in [-0.3, -0.25) is 13.9 Å². The number of anilines is 1. The van der Waals surface area contributed by atoms with Gasteiger partial charge in [0.05, 0.1) is 10.6 Å². The quantitative estimate of drug-likeness (QED) is 0.208. The van der Waals surface area contributed by atoms with Gasteiger partial charge < -0.3 is 10.2 Å². The fourth-order valence-electron chi connectivity index (χ4n) is 4.92. The fraction of sp³-hybridized carbons (Fsp3) is 0.257. The Labute approximate surface area is 265 Å². The SMILES string of the molecule is Cc1ccccc1N(CC(=O)N(Cc1cccc(Cl)c1)[C@@H](Cc1ccccc1)C(=O)NC(C)(C)C)S(=O)(=O)c1ccccc1. The van der Waals surface area contributed by atoms with Gasteiger partial charge in [0, 0.05) is 23.5 Å². The first-order valence-electron chi connectivity index (χ1n) is 14.4. The number of aryl methyl sites for hydroxylation is 1. The minimum Gasteiger partial charge on any atom is -0.350 e. The maximum absolute atomic E-state index is 14.5. The van der Waals surface area contributed by atoms with E-state index in [4.69, 9.17) is 11.6 Å². The first kappa shape index (κ1) is 32.8. The van der Waals surface area contributed by atoms with Crippen molar-refractivity contribution in [2.75, 3.05) is 10.8 Å². The van der Waals surface area contributed by atoms with Crippen LogP contribution in [0.4, 0.5) is 5.69 Å². The number of benzene rings is 4. The lowest BCUT2D eigenvalue weighted by Gasteiger charge is -2.35. The standard InChI is InChI=1S/C35H38ClN3O4S/c1-26-14-11-12-21-31(26)39(44(42,43)30-19-9-6-10-20-30)25-33(40)38(24-28-17-13-18-29(36)22-28)32(34(41)37-35(2,3)4)23-27-15-7-5-8-16-27/h5-22,32H,23-25H2,1-4H3,(H,37,41)/t32-/m0/s1. The van der Waals surface area contributed by atoms with Gasteiger partial charge in [0.25, 0.3) is 10.0 Å². The molecule has 0 saturated carbocycles. The van der Waals surface area contributed by atoms with Gasteiger partial charge >= 0.3 is 0 Å². The zero-order valence-electron chi connectivity index (χ0n) is 25.4. The van der Waals surface area contributed by atoms with E-state index in [2.05, 4.69) is 5.32 Å². The highest BCUT2D eigenvalue weighted by atomic mass is 35.5. The minimum absolute atomic E-state index is 0.0431. The van der Waals surface area contributed by atoms with Crippen LogP contribution in [-0.2, 0) is 32.6 Å². The Hall–Kier alpha value is -4.14. The van der Waals surface area contributed by atoms with Gasteiger partial charge in [-0.2, -0.15) is 0 Å². The van der Waals surface area contributed by atoms with Gasteiger partial charge in [-0.1, -0.05) is 90.5 Å². The largest absolute Gasteiger partial charge is 0.350 e. The number of halogens is 1. The van der Waals surface area contributed by atoms with Crippen LogP contribution >= 0.6 is 11.6 Å². The zero-order valence-corrected chi connectivity index (χ0v) is 27.0. The number of carbonyl (C=O) groups is 2. The number of nitrogens with zero attached hydrogens (tertiary/aromatic N) is 2. The second kappa shape index (κ2) is 14.1. The molecular formula is C35H38ClN3O4S. The Morgan fingerprint density at radius 2 is 1.41 bits per heavy atom. The number of amides is 2. The van der Waals surface area contributed by atoms with Crippen molar-refractivity contribution >= 4 is 39.1 Å². The highest BCUT2D eigenvalue weighted by Gasteiger charge is 2.36. The van der Waals surface area contributed by atoms with Crippen molar-refractivity contribution in [1.29, 1.82) is 0 Å². The van der Waals surface area contributed by atoms with Gasteiger partial charge in [0.1, 0.15) is 12.6 Å². The molecule has 0 fully saturated rings. The Morgan fingerprint density at radius 3 is 2.02 bits per heavy atom. The summed E-state index contributed by atoms with van der Waals surface area (Å²) >= 11 is 6.31. The molecule has 7 nitrogen and oxygen atoms in total. The van der Waals surface area contributed by atoms with E-state index in [1.807, 2.05) is 63.2 Å². The first-order chi connectivity index (χ1) is 20.8. The molecule has 1 N–H and O–H groups in total. The van der Waals surface area contributed by atoms with Gasteiger partial charge in [-0.05, 0) is 74.7 Å². The van der Waals surface area contributed by atoms with Gasteiger partial charge in [-0.25, -0.2) is 8.42 Å². The summed E-state index contributed by atoms with van der Waals surface area (Å²) in [7, 11) is -4.15. The summed E-state index contributed by atoms with van der Waals surface area (Å²) < 4.78 is 29.3. The smallest absolute Gasteiger partial charge is 0.264 e. The number of sulfonamides is 1. The van der Waals surface area contributed by atoms with Crippen molar-refractivity contribution in [2.45, 2.75) is 57.1 Å². The number of rotatable bonds is 11. The predicted molar refractivity (Wildman–Crippen MR) is 176 cm³/mol. The molecule has 0 aliphatic carbocycles. The number of hydrogen-bond acceptors (Lipinski definition) is 4. The molecule has 0 spiro atoms. The van der Waals surface area contributed by atoms with Crippen LogP contribution < -0.4 is 9.62 Å². The third-order valence-corrected chi connectivity index (χ3v) is 9.01. The average Bonchev–Trinajstić information content (AvgIpc) is 2.98. The molecule has 0 aliphatic rings. The van der Waals surface area contributed by atoms with E-state index < -0.39 is 34.1 Å². The van der Waals surface area contributed by atoms with Crippen LogP contribution in [0.25, 0.3) is 0 Å². The third-order valence-electron chi connectivity index (χ3n) is 7.01. The van der Waals surface area contributed by atoms with Crippen LogP contribution in [0.15, 0.2) is 114 Å². The van der Waals surface area contributed by atoms with Crippen molar-refractivity contribution < 1.29 is 18.0 Å². The molecule has 9 heteroatoms. The maximum Gasteiger partial charge on any atom is 0.264 e. The Morgan fingerprint density at radius 1 is 0.818 bits per heavy atom. The molecule has 4 aromatic carbocycles. The third kappa shape index (κ3) is 8.49. The Kier molecular flexibility index (Phi) is 10.5. The van der Waals surface area contributed by atoms with Crippen LogP contribution in [0.5, 0.6) is 0 Å². The molecule has 230 valence electrons. The van der Waals surface area contributed by atoms with E-state index in [0.29, 0.717) is 21.8 Å². The summed E-state index contributed by atoms with van der Waals surface area (Å²) in [5.41, 5.74) is 2.07. The van der Waals surface area contributed by atoms with Gasteiger partial charge in [0.15, 0.2) is 0 Å². The normalized spacial score (nSPS) is 12.3. The van der Waals surface area contributed by atoms with Gasteiger partial charge in [-0.15, -0.1) is 0 Å². The summed E-state index contributed by atoms with van der Waals surface area (Å²) in [5.74, 6) is -0.872. The van der Waals surface area contributed by atoms with E-state index in [1.165, 1.54) is 17.0 Å². The lowest BCUT2D eigenvalue weighted by atomic mass is 10.0. The van der Waals surface area contributed by atoms with Crippen molar-refractivity contribution in [1.82, 2.24) is 10.2 Å². The predicted octanol–water partition coefficient (Wildman–Crippen LogP) is 6.40. The Balaban J connectivity index is 1.82. The lowest BCUT2D eigenvalue weighted by molar-refractivity contribution is -0.140. The van der Waals surface area contributed by atoms with E-state index in [9.17, 15) is 18.0 Å². The summed E-state index contributed by atoms with van der Waals surface area (Å²) in [4.78, 5) is 30.0. The fourth-order valence-corrected chi connectivity index (χ4v) is 6.63. The van der Waals surface area contributed by atoms with Crippen LogP contribution in [0.3, 0.4) is 0 Å². The minimum atomic E-state index is -4.15. The molecule has 0 radical (unpaired) electrons. The van der Waals surface area contributed by atoms with Crippen molar-refractivity contribution in [2.24, 2.45) is 0 Å². The molecule has 0 saturated heterocycles. The summed E-state index contributed by atoms with van der Waals surface area (Å²) in [5, 5.41) is 3.52. The summed E-state index contributed by atoms with van der Waals surface area (Å²) in [6.45, 7) is 6.95. The topological polar surface area (TPSA) is 86.8 Å². The van der Waals surface area contributed by atoms with Crippen molar-refractivity contribution in [3.63, 3.8) is 0 Å². The molecule has 0 heterocycles. The van der Waals surface area contributed by atoms with Crippen LogP contribution in [0.2, 0.25) is 5.02 Å². The molecule has 0 aromatic heterocycles. The number of carbonyl (C=O) groups excluding carboxylic acids is 2. The van der Waals surface area contributed by atoms with Crippen LogP contribution in [0, 0.1) is 6.92 Å². The van der Waals surface area contributed by atoms with E-state index >= 15 is 0 Å². The molecule has 2 amide bonds. The van der Waals surface area contributed by atoms with Gasteiger partial charge in [0.2, 0.25) is 11.8 Å². The second-order valence-electron chi connectivity index (χ2n) is 11.7. The summed E-state index contributed by atoms with van der Waals surface area (Å²) in [6, 6.07) is 30.6. The molecular weight excluding hydrogens is 594 g/mol. The molecule has 0 bridgehead atoms. The number of para-hydroxylation sites is 1. The monoisotopic (exact) mass is 631 g/mol. The second-order valence-corrected chi connectivity index (χ2v) is 14.0. The molecule has 4 aromatic rings. The molecule has 0 aliphatic heterocycles. The molecule has 1 atom stereocenters. The van der Waals surface area contributed by atoms with E-state index in [0.717, 1.165) is 9.87 Å². The molecule has 44 heavy (non-hydrogen) atoms. The lowest BCUT2D eigenvalue weighted by Crippen LogP contribution is -2.56. The van der Waals surface area contributed by atoms with Crippen molar-refractivity contribution in [3.8, 4) is 0 Å². The van der Waals surface area contributed by atoms with Crippen molar-refractivity contribution in [3.05, 3.63) is 131 Å². The number of hydrogen-bond donors (Lipinski definition) is 1. The first-order valence-corrected chi connectivity index (χ1v) is 16.2. The average molecular weight is 632 g/mol. The highest BCUT2D eigenvalue weighted by Crippen LogP contribution is 2.28. The maximum atomic E-state index is 14.5. The van der Waals surface area contributed by atoms with E-state index in [1.54, 1.807) is 61.5 Å². The van der Waals surface area contributed by atoms with Crippen LogP contribution in [-0.4, -0.2) is 43.3 Å². The molecule has 0 unspecified atom stereocenters. The highest BCUT2D eigenvalue weighted by molar-refractivity contribution is 7.92.